The van der Waals surface area contributed by atoms with Gasteiger partial charge in [-0.15, -0.1) is 0 Å². The summed E-state index contributed by atoms with van der Waals surface area (Å²) in [6.07, 6.45) is -0.243. The maximum absolute atomic E-state index is 13.4. The lowest BCUT2D eigenvalue weighted by atomic mass is 9.81. The minimum absolute atomic E-state index is 0.0879. The Hall–Kier alpha value is -1.45. The Morgan fingerprint density at radius 1 is 1.40 bits per heavy atom. The van der Waals surface area contributed by atoms with E-state index in [1.807, 2.05) is 0 Å². The summed E-state index contributed by atoms with van der Waals surface area (Å²) in [6.45, 7) is 3.14. The van der Waals surface area contributed by atoms with Crippen LogP contribution < -0.4 is 0 Å². The van der Waals surface area contributed by atoms with Crippen LogP contribution in [0.25, 0.3) is 0 Å². The fraction of sp³-hybridized carbons (Fsp3) is 0.364. The molecule has 0 heterocycles. The van der Waals surface area contributed by atoms with Crippen molar-refractivity contribution in [3.63, 3.8) is 0 Å². The molecule has 1 N–H and O–H groups in total. The fourth-order valence-corrected chi connectivity index (χ4v) is 1.49. The number of benzene rings is 1. The van der Waals surface area contributed by atoms with Crippen molar-refractivity contribution in [3.8, 4) is 0 Å². The van der Waals surface area contributed by atoms with Gasteiger partial charge in [0.15, 0.2) is 0 Å². The Morgan fingerprint density at radius 2 is 2.00 bits per heavy atom. The lowest BCUT2D eigenvalue weighted by molar-refractivity contribution is -0.138. The van der Waals surface area contributed by atoms with E-state index in [2.05, 4.69) is 0 Å². The van der Waals surface area contributed by atoms with E-state index in [0.29, 0.717) is 0 Å². The lowest BCUT2D eigenvalue weighted by Crippen LogP contribution is -2.23. The van der Waals surface area contributed by atoms with Crippen LogP contribution in [-0.4, -0.2) is 11.1 Å². The molecule has 1 rings (SSSR count). The van der Waals surface area contributed by atoms with Crippen LogP contribution in [0.1, 0.15) is 25.8 Å². The van der Waals surface area contributed by atoms with Crippen LogP contribution in [0.2, 0.25) is 0 Å². The van der Waals surface area contributed by atoms with Crippen LogP contribution in [0, 0.1) is 11.6 Å². The quantitative estimate of drug-likeness (QED) is 0.839. The van der Waals surface area contributed by atoms with Crippen LogP contribution in [0.4, 0.5) is 8.78 Å². The number of hydrogen-bond acceptors (Lipinski definition) is 1. The Bertz CT molecular complexity index is 386. The van der Waals surface area contributed by atoms with E-state index in [4.69, 9.17) is 5.11 Å². The molecule has 2 nitrogen and oxygen atoms in total. The third kappa shape index (κ3) is 2.75. The summed E-state index contributed by atoms with van der Waals surface area (Å²) in [7, 11) is 0. The molecule has 1 aromatic rings. The monoisotopic (exact) mass is 214 g/mol. The van der Waals surface area contributed by atoms with Gasteiger partial charge >= 0.3 is 5.97 Å². The van der Waals surface area contributed by atoms with Gasteiger partial charge in [-0.3, -0.25) is 4.79 Å². The van der Waals surface area contributed by atoms with Crippen molar-refractivity contribution in [3.05, 3.63) is 35.4 Å². The number of carboxylic acid groups (broad SMARTS) is 1. The summed E-state index contributed by atoms with van der Waals surface area (Å²) in [6, 6.07) is 3.06. The van der Waals surface area contributed by atoms with Gasteiger partial charge in [-0.1, -0.05) is 13.8 Å². The van der Waals surface area contributed by atoms with Crippen molar-refractivity contribution in [1.29, 1.82) is 0 Å². The van der Waals surface area contributed by atoms with Gasteiger partial charge < -0.3 is 5.11 Å². The van der Waals surface area contributed by atoms with Crippen molar-refractivity contribution in [2.24, 2.45) is 0 Å². The van der Waals surface area contributed by atoms with Crippen molar-refractivity contribution in [2.45, 2.75) is 25.7 Å². The van der Waals surface area contributed by atoms with Gasteiger partial charge in [0.05, 0.1) is 6.42 Å². The molecule has 0 aliphatic carbocycles. The van der Waals surface area contributed by atoms with E-state index in [1.54, 1.807) is 13.8 Å². The van der Waals surface area contributed by atoms with Crippen molar-refractivity contribution < 1.29 is 18.7 Å². The molecule has 0 radical (unpaired) electrons. The highest BCUT2D eigenvalue weighted by molar-refractivity contribution is 5.68. The van der Waals surface area contributed by atoms with Crippen LogP contribution in [-0.2, 0) is 10.2 Å². The molecule has 0 saturated carbocycles. The van der Waals surface area contributed by atoms with Crippen LogP contribution in [0.15, 0.2) is 18.2 Å². The molecule has 0 atom stereocenters. The number of hydrogen-bond donors (Lipinski definition) is 1. The van der Waals surface area contributed by atoms with Crippen LogP contribution in [0.5, 0.6) is 0 Å². The van der Waals surface area contributed by atoms with Crippen molar-refractivity contribution in [2.75, 3.05) is 0 Å². The first-order chi connectivity index (χ1) is 6.83. The van der Waals surface area contributed by atoms with E-state index in [9.17, 15) is 13.6 Å². The second-order valence-electron chi connectivity index (χ2n) is 4.08. The zero-order valence-electron chi connectivity index (χ0n) is 8.55. The smallest absolute Gasteiger partial charge is 0.304 e. The van der Waals surface area contributed by atoms with Gasteiger partial charge in [0, 0.05) is 5.41 Å². The normalized spacial score (nSPS) is 11.5. The predicted molar refractivity (Wildman–Crippen MR) is 51.6 cm³/mol. The van der Waals surface area contributed by atoms with Gasteiger partial charge in [0.25, 0.3) is 0 Å². The average Bonchev–Trinajstić information content (AvgIpc) is 2.06. The number of aliphatic carboxylic acids is 1. The first-order valence-corrected chi connectivity index (χ1v) is 4.50. The van der Waals surface area contributed by atoms with E-state index < -0.39 is 23.0 Å². The zero-order chi connectivity index (χ0) is 11.6. The Balaban J connectivity index is 3.13. The highest BCUT2D eigenvalue weighted by atomic mass is 19.1. The van der Waals surface area contributed by atoms with Crippen molar-refractivity contribution in [1.82, 2.24) is 0 Å². The predicted octanol–water partition coefficient (Wildman–Crippen LogP) is 2.72. The molecule has 0 amide bonds. The molecular formula is C11H12F2O2. The van der Waals surface area contributed by atoms with E-state index in [0.717, 1.165) is 18.2 Å². The Morgan fingerprint density at radius 3 is 2.53 bits per heavy atom. The molecule has 82 valence electrons. The summed E-state index contributed by atoms with van der Waals surface area (Å²) in [5.41, 5.74) is -0.831. The molecule has 0 unspecified atom stereocenters. The molecule has 15 heavy (non-hydrogen) atoms. The Labute approximate surface area is 86.5 Å². The minimum Gasteiger partial charge on any atom is -0.481 e. The first-order valence-electron chi connectivity index (χ1n) is 4.50. The summed E-state index contributed by atoms with van der Waals surface area (Å²) in [5.74, 6) is -2.18. The summed E-state index contributed by atoms with van der Waals surface area (Å²) >= 11 is 0. The molecule has 4 heteroatoms. The molecule has 0 aromatic heterocycles. The molecular weight excluding hydrogens is 202 g/mol. The maximum atomic E-state index is 13.4. The molecule has 0 aliphatic rings. The SMILES string of the molecule is CC(C)(CC(=O)O)c1cc(F)ccc1F. The number of rotatable bonds is 3. The highest BCUT2D eigenvalue weighted by Gasteiger charge is 2.27. The third-order valence-electron chi connectivity index (χ3n) is 2.25. The molecule has 0 fully saturated rings. The molecule has 1 aromatic carbocycles. The van der Waals surface area contributed by atoms with Gasteiger partial charge in [-0.2, -0.15) is 0 Å². The largest absolute Gasteiger partial charge is 0.481 e. The molecule has 0 bridgehead atoms. The lowest BCUT2D eigenvalue weighted by Gasteiger charge is -2.23. The number of halogens is 2. The summed E-state index contributed by atoms with van der Waals surface area (Å²) in [5, 5.41) is 8.65. The van der Waals surface area contributed by atoms with E-state index in [-0.39, 0.29) is 12.0 Å². The van der Waals surface area contributed by atoms with E-state index >= 15 is 0 Å². The van der Waals surface area contributed by atoms with E-state index in [1.165, 1.54) is 0 Å². The second kappa shape index (κ2) is 3.96. The first kappa shape index (κ1) is 11.6. The average molecular weight is 214 g/mol. The van der Waals surface area contributed by atoms with Gasteiger partial charge in [-0.05, 0) is 23.8 Å². The van der Waals surface area contributed by atoms with Crippen molar-refractivity contribution >= 4 is 5.97 Å². The Kier molecular flexibility index (Phi) is 3.07. The number of carbonyl (C=O) groups is 1. The zero-order valence-corrected chi connectivity index (χ0v) is 8.55. The topological polar surface area (TPSA) is 37.3 Å². The molecule has 0 aliphatic heterocycles. The summed E-state index contributed by atoms with van der Waals surface area (Å²) < 4.78 is 26.3. The summed E-state index contributed by atoms with van der Waals surface area (Å²) in [4.78, 5) is 10.6. The van der Waals surface area contributed by atoms with Crippen LogP contribution >= 0.6 is 0 Å². The highest BCUT2D eigenvalue weighted by Crippen LogP contribution is 2.29. The minimum atomic E-state index is -1.04. The van der Waals surface area contributed by atoms with Gasteiger partial charge in [0.1, 0.15) is 11.6 Å². The fourth-order valence-electron chi connectivity index (χ4n) is 1.49. The van der Waals surface area contributed by atoms with Gasteiger partial charge in [0.2, 0.25) is 0 Å². The second-order valence-corrected chi connectivity index (χ2v) is 4.08. The standard InChI is InChI=1S/C11H12F2O2/c1-11(2,6-10(14)15)8-5-7(12)3-4-9(8)13/h3-5H,6H2,1-2H3,(H,14,15). The molecule has 0 spiro atoms. The maximum Gasteiger partial charge on any atom is 0.304 e. The third-order valence-corrected chi connectivity index (χ3v) is 2.25. The number of carboxylic acids is 1. The van der Waals surface area contributed by atoms with Gasteiger partial charge in [-0.25, -0.2) is 8.78 Å². The van der Waals surface area contributed by atoms with Crippen LogP contribution in [0.3, 0.4) is 0 Å². The molecule has 0 saturated heterocycles.